The lowest BCUT2D eigenvalue weighted by Crippen LogP contribution is -2.03. The lowest BCUT2D eigenvalue weighted by Gasteiger charge is -2.11. The van der Waals surface area contributed by atoms with Crippen LogP contribution < -0.4 is 0 Å². The van der Waals surface area contributed by atoms with E-state index in [2.05, 4.69) is 40.3 Å². The molecule has 3 aromatic heterocycles. The molecule has 0 unspecified atom stereocenters. The van der Waals surface area contributed by atoms with Gasteiger partial charge >= 0.3 is 5.97 Å². The number of nitrogens with zero attached hydrogens (tertiary/aromatic N) is 3. The monoisotopic (exact) mass is 489 g/mol. The normalized spacial score (nSPS) is 11.6. The number of hydrogen-bond acceptors (Lipinski definition) is 3. The van der Waals surface area contributed by atoms with Crippen molar-refractivity contribution in [2.45, 2.75) is 26.3 Å². The second-order valence-electron chi connectivity index (χ2n) is 9.42. The number of aromatic nitrogens is 3. The number of aryl methyl sites for hydroxylation is 2. The second-order valence-corrected chi connectivity index (χ2v) is 9.42. The molecule has 0 fully saturated rings. The van der Waals surface area contributed by atoms with Gasteiger partial charge in [0.1, 0.15) is 5.65 Å². The number of pyridine rings is 1. The molecule has 0 aliphatic heterocycles. The van der Waals surface area contributed by atoms with Gasteiger partial charge in [-0.1, -0.05) is 54.6 Å². The summed E-state index contributed by atoms with van der Waals surface area (Å²) in [6, 6.07) is 23.6. The van der Waals surface area contributed by atoms with Crippen molar-refractivity contribution in [1.82, 2.24) is 14.0 Å². The van der Waals surface area contributed by atoms with Crippen LogP contribution in [0, 0.1) is 6.92 Å². The molecule has 184 valence electrons. The van der Waals surface area contributed by atoms with Crippen LogP contribution in [0.3, 0.4) is 0 Å². The van der Waals surface area contributed by atoms with Crippen LogP contribution in [0.25, 0.3) is 38.6 Å². The molecule has 0 radical (unpaired) electrons. The molecular weight excluding hydrogens is 462 g/mol. The Kier molecular flexibility index (Phi) is 5.74. The number of benzene rings is 3. The number of fused-ring (bicyclic) bond motifs is 3. The van der Waals surface area contributed by atoms with Crippen LogP contribution >= 0.6 is 0 Å². The molecule has 37 heavy (non-hydrogen) atoms. The summed E-state index contributed by atoms with van der Waals surface area (Å²) >= 11 is 0. The van der Waals surface area contributed by atoms with Crippen molar-refractivity contribution in [1.29, 1.82) is 0 Å². The van der Waals surface area contributed by atoms with Crippen molar-refractivity contribution in [2.24, 2.45) is 0 Å². The Bertz CT molecular complexity index is 1790. The molecule has 6 rings (SSSR count). The van der Waals surface area contributed by atoms with Gasteiger partial charge in [0.15, 0.2) is 0 Å². The number of aromatic carboxylic acids is 1. The van der Waals surface area contributed by atoms with E-state index in [0.717, 1.165) is 34.4 Å². The van der Waals surface area contributed by atoms with Gasteiger partial charge in [-0.15, -0.1) is 0 Å². The average Bonchev–Trinajstić information content (AvgIpc) is 3.46. The fourth-order valence-electron chi connectivity index (χ4n) is 5.50. The quantitative estimate of drug-likeness (QED) is 0.284. The molecule has 3 aromatic carbocycles. The minimum Gasteiger partial charge on any atom is -0.478 e. The standard InChI is InChI=1S/C31H27N3O3/c1-20-8-6-11-25-28(20)22(19-33(25)15-7-17-35)18-26-30(32-27-12-4-5-16-34(26)27)24-14-13-21-9-2-3-10-23(21)29(24)31(36)37/h2-6,8-14,16,19,35H,7,15,17-18H2,1H3,(H,36,37). The van der Waals surface area contributed by atoms with Crippen LogP contribution in [0.5, 0.6) is 0 Å². The van der Waals surface area contributed by atoms with E-state index >= 15 is 0 Å². The number of aliphatic hydroxyl groups is 1. The zero-order chi connectivity index (χ0) is 25.5. The molecule has 6 aromatic rings. The first-order chi connectivity index (χ1) is 18.1. The van der Waals surface area contributed by atoms with E-state index in [1.807, 2.05) is 60.8 Å². The number of rotatable bonds is 7. The third kappa shape index (κ3) is 3.86. The van der Waals surface area contributed by atoms with Gasteiger partial charge in [-0.3, -0.25) is 0 Å². The summed E-state index contributed by atoms with van der Waals surface area (Å²) in [6.07, 6.45) is 5.41. The van der Waals surface area contributed by atoms with Crippen molar-refractivity contribution in [3.8, 4) is 11.3 Å². The van der Waals surface area contributed by atoms with E-state index in [0.29, 0.717) is 29.5 Å². The molecule has 0 spiro atoms. The van der Waals surface area contributed by atoms with E-state index in [1.54, 1.807) is 0 Å². The van der Waals surface area contributed by atoms with E-state index in [4.69, 9.17) is 4.98 Å². The maximum atomic E-state index is 12.6. The summed E-state index contributed by atoms with van der Waals surface area (Å²) in [5.74, 6) is -0.966. The Labute approximate surface area is 214 Å². The van der Waals surface area contributed by atoms with Crippen LogP contribution in [0.4, 0.5) is 0 Å². The molecular formula is C31H27N3O3. The molecule has 6 heteroatoms. The van der Waals surface area contributed by atoms with Crippen molar-refractivity contribution in [2.75, 3.05) is 6.61 Å². The van der Waals surface area contributed by atoms with Crippen molar-refractivity contribution < 1.29 is 15.0 Å². The van der Waals surface area contributed by atoms with E-state index in [-0.39, 0.29) is 12.2 Å². The Morgan fingerprint density at radius 2 is 1.81 bits per heavy atom. The van der Waals surface area contributed by atoms with E-state index in [9.17, 15) is 15.0 Å². The molecule has 0 amide bonds. The summed E-state index contributed by atoms with van der Waals surface area (Å²) in [5, 5.41) is 22.5. The number of imidazole rings is 1. The smallest absolute Gasteiger partial charge is 0.337 e. The fourth-order valence-corrected chi connectivity index (χ4v) is 5.50. The van der Waals surface area contributed by atoms with Gasteiger partial charge in [-0.05, 0) is 53.4 Å². The van der Waals surface area contributed by atoms with Crippen LogP contribution in [-0.4, -0.2) is 36.7 Å². The van der Waals surface area contributed by atoms with Crippen LogP contribution in [0.2, 0.25) is 0 Å². The van der Waals surface area contributed by atoms with Crippen molar-refractivity contribution >= 4 is 33.3 Å². The first-order valence-corrected chi connectivity index (χ1v) is 12.5. The summed E-state index contributed by atoms with van der Waals surface area (Å²) in [4.78, 5) is 17.5. The van der Waals surface area contributed by atoms with Crippen molar-refractivity contribution in [3.05, 3.63) is 108 Å². The topological polar surface area (TPSA) is 79.8 Å². The summed E-state index contributed by atoms with van der Waals surface area (Å²) in [7, 11) is 0. The van der Waals surface area contributed by atoms with Gasteiger partial charge in [0, 0.05) is 48.4 Å². The zero-order valence-electron chi connectivity index (χ0n) is 20.6. The first-order valence-electron chi connectivity index (χ1n) is 12.5. The number of aliphatic hydroxyl groups excluding tert-OH is 1. The Hall–Kier alpha value is -4.42. The molecule has 0 saturated heterocycles. The fraction of sp³-hybridized carbons (Fsp3) is 0.161. The second kappa shape index (κ2) is 9.22. The highest BCUT2D eigenvalue weighted by atomic mass is 16.4. The third-order valence-corrected chi connectivity index (χ3v) is 7.13. The zero-order valence-corrected chi connectivity index (χ0v) is 20.6. The number of carbonyl (C=O) groups is 1. The predicted octanol–water partition coefficient (Wildman–Crippen LogP) is 6.09. The van der Waals surface area contributed by atoms with Gasteiger partial charge in [0.2, 0.25) is 0 Å². The highest BCUT2D eigenvalue weighted by Crippen LogP contribution is 2.35. The van der Waals surface area contributed by atoms with Crippen LogP contribution in [0.1, 0.15) is 33.6 Å². The number of hydrogen-bond donors (Lipinski definition) is 2. The molecule has 2 N–H and O–H groups in total. The Morgan fingerprint density at radius 3 is 2.65 bits per heavy atom. The minimum atomic E-state index is -0.966. The lowest BCUT2D eigenvalue weighted by molar-refractivity contribution is 0.0700. The SMILES string of the molecule is Cc1cccc2c1c(Cc1c(-c3ccc4ccccc4c3C(=O)O)nc3ccccn13)cn2CCCO. The van der Waals surface area contributed by atoms with Gasteiger partial charge < -0.3 is 19.2 Å². The summed E-state index contributed by atoms with van der Waals surface area (Å²) < 4.78 is 4.26. The minimum absolute atomic E-state index is 0.137. The Balaban J connectivity index is 1.60. The molecule has 3 heterocycles. The van der Waals surface area contributed by atoms with Gasteiger partial charge in [-0.25, -0.2) is 9.78 Å². The van der Waals surface area contributed by atoms with E-state index in [1.165, 1.54) is 10.9 Å². The lowest BCUT2D eigenvalue weighted by atomic mass is 9.94. The number of carboxylic acids is 1. The van der Waals surface area contributed by atoms with Gasteiger partial charge in [0.05, 0.1) is 17.0 Å². The molecule has 0 aliphatic carbocycles. The van der Waals surface area contributed by atoms with E-state index < -0.39 is 5.97 Å². The molecule has 0 saturated carbocycles. The maximum absolute atomic E-state index is 12.6. The first kappa shape index (κ1) is 23.0. The predicted molar refractivity (Wildman–Crippen MR) is 146 cm³/mol. The molecule has 6 nitrogen and oxygen atoms in total. The summed E-state index contributed by atoms with van der Waals surface area (Å²) in [5.41, 5.74) is 6.75. The largest absolute Gasteiger partial charge is 0.478 e. The highest BCUT2D eigenvalue weighted by molar-refractivity contribution is 6.09. The third-order valence-electron chi connectivity index (χ3n) is 7.13. The van der Waals surface area contributed by atoms with Crippen LogP contribution in [-0.2, 0) is 13.0 Å². The molecule has 0 aliphatic rings. The summed E-state index contributed by atoms with van der Waals surface area (Å²) in [6.45, 7) is 2.98. The average molecular weight is 490 g/mol. The van der Waals surface area contributed by atoms with Crippen LogP contribution in [0.15, 0.2) is 85.2 Å². The maximum Gasteiger partial charge on any atom is 0.337 e. The highest BCUT2D eigenvalue weighted by Gasteiger charge is 2.23. The Morgan fingerprint density at radius 1 is 0.973 bits per heavy atom. The van der Waals surface area contributed by atoms with Gasteiger partial charge in [-0.2, -0.15) is 0 Å². The number of carboxylic acid groups (broad SMARTS) is 1. The molecule has 0 atom stereocenters. The van der Waals surface area contributed by atoms with Crippen molar-refractivity contribution in [3.63, 3.8) is 0 Å². The molecule has 0 bridgehead atoms. The van der Waals surface area contributed by atoms with Gasteiger partial charge in [0.25, 0.3) is 0 Å².